The zero-order valence-corrected chi connectivity index (χ0v) is 9.20. The summed E-state index contributed by atoms with van der Waals surface area (Å²) in [5.41, 5.74) is 0.850. The normalized spacial score (nSPS) is 10.2. The fourth-order valence-corrected chi connectivity index (χ4v) is 1.37. The summed E-state index contributed by atoms with van der Waals surface area (Å²) in [5.74, 6) is -0.421. The van der Waals surface area contributed by atoms with Crippen LogP contribution in [0, 0.1) is 6.92 Å². The first kappa shape index (κ1) is 11.1. The highest BCUT2D eigenvalue weighted by Crippen LogP contribution is 2.12. The second-order valence-electron chi connectivity index (χ2n) is 3.37. The van der Waals surface area contributed by atoms with Gasteiger partial charge in [-0.1, -0.05) is 18.2 Å². The van der Waals surface area contributed by atoms with Gasteiger partial charge in [-0.2, -0.15) is 4.98 Å². The molecule has 0 saturated heterocycles. The quantitative estimate of drug-likeness (QED) is 0.853. The van der Waals surface area contributed by atoms with Gasteiger partial charge in [0.05, 0.1) is 5.69 Å². The third-order valence-corrected chi connectivity index (χ3v) is 2.08. The molecular weight excluding hydrogens is 222 g/mol. The minimum absolute atomic E-state index is 0.0637. The number of carboxylic acids is 1. The van der Waals surface area contributed by atoms with Crippen LogP contribution in [0.25, 0.3) is 5.69 Å². The van der Waals surface area contributed by atoms with Crippen molar-refractivity contribution in [1.29, 1.82) is 0 Å². The predicted molar refractivity (Wildman–Crippen MR) is 59.2 cm³/mol. The van der Waals surface area contributed by atoms with Crippen molar-refractivity contribution in [2.75, 3.05) is 6.61 Å². The van der Waals surface area contributed by atoms with Crippen molar-refractivity contribution in [3.63, 3.8) is 0 Å². The molecule has 1 heterocycles. The molecule has 2 rings (SSSR count). The highest BCUT2D eigenvalue weighted by molar-refractivity contribution is 5.68. The summed E-state index contributed by atoms with van der Waals surface area (Å²) in [6.07, 6.45) is 0. The first-order chi connectivity index (χ1) is 8.16. The molecule has 0 spiro atoms. The number of rotatable bonds is 4. The van der Waals surface area contributed by atoms with E-state index in [1.807, 2.05) is 30.3 Å². The SMILES string of the molecule is Cc1nc(OCC(=O)O)nn1-c1ccccc1. The Hall–Kier alpha value is -2.37. The second kappa shape index (κ2) is 4.65. The number of ether oxygens (including phenoxy) is 1. The highest BCUT2D eigenvalue weighted by atomic mass is 16.5. The van der Waals surface area contributed by atoms with E-state index in [4.69, 9.17) is 9.84 Å². The van der Waals surface area contributed by atoms with Crippen LogP contribution < -0.4 is 4.74 Å². The summed E-state index contributed by atoms with van der Waals surface area (Å²) in [7, 11) is 0. The van der Waals surface area contributed by atoms with Crippen LogP contribution in [0.2, 0.25) is 0 Å². The van der Waals surface area contributed by atoms with Gasteiger partial charge in [0, 0.05) is 0 Å². The van der Waals surface area contributed by atoms with Gasteiger partial charge in [0.15, 0.2) is 6.61 Å². The molecule has 0 fully saturated rings. The van der Waals surface area contributed by atoms with E-state index >= 15 is 0 Å². The Bertz CT molecular complexity index is 522. The Morgan fingerprint density at radius 3 is 2.76 bits per heavy atom. The first-order valence-electron chi connectivity index (χ1n) is 5.00. The van der Waals surface area contributed by atoms with E-state index in [0.717, 1.165) is 5.69 Å². The predicted octanol–water partition coefficient (Wildman–Crippen LogP) is 1.04. The molecule has 6 heteroatoms. The largest absolute Gasteiger partial charge is 0.479 e. The Kier molecular flexibility index (Phi) is 3.04. The molecule has 0 atom stereocenters. The number of carboxylic acid groups (broad SMARTS) is 1. The van der Waals surface area contributed by atoms with Crippen LogP contribution in [-0.2, 0) is 4.79 Å². The smallest absolute Gasteiger partial charge is 0.341 e. The minimum Gasteiger partial charge on any atom is -0.479 e. The van der Waals surface area contributed by atoms with Crippen molar-refractivity contribution in [3.05, 3.63) is 36.2 Å². The molecule has 0 amide bonds. The fourth-order valence-electron chi connectivity index (χ4n) is 1.37. The van der Waals surface area contributed by atoms with Gasteiger partial charge in [0.25, 0.3) is 0 Å². The van der Waals surface area contributed by atoms with Crippen LogP contribution >= 0.6 is 0 Å². The van der Waals surface area contributed by atoms with E-state index in [2.05, 4.69) is 10.1 Å². The molecule has 0 saturated carbocycles. The second-order valence-corrected chi connectivity index (χ2v) is 3.37. The Labute approximate surface area is 97.5 Å². The average Bonchev–Trinajstić information content (AvgIpc) is 2.69. The third-order valence-electron chi connectivity index (χ3n) is 2.08. The van der Waals surface area contributed by atoms with Crippen LogP contribution in [-0.4, -0.2) is 32.4 Å². The lowest BCUT2D eigenvalue weighted by Crippen LogP contribution is -2.10. The van der Waals surface area contributed by atoms with Crippen LogP contribution in [0.5, 0.6) is 6.01 Å². The number of hydrogen-bond donors (Lipinski definition) is 1. The van der Waals surface area contributed by atoms with Gasteiger partial charge < -0.3 is 9.84 Å². The van der Waals surface area contributed by atoms with Crippen LogP contribution in [0.3, 0.4) is 0 Å². The Balaban J connectivity index is 2.22. The summed E-state index contributed by atoms with van der Waals surface area (Å²) in [6, 6.07) is 9.49. The summed E-state index contributed by atoms with van der Waals surface area (Å²) >= 11 is 0. The van der Waals surface area contributed by atoms with Crippen LogP contribution in [0.4, 0.5) is 0 Å². The van der Waals surface area contributed by atoms with Crippen molar-refractivity contribution in [1.82, 2.24) is 14.8 Å². The van der Waals surface area contributed by atoms with E-state index in [1.54, 1.807) is 11.6 Å². The molecule has 1 N–H and O–H groups in total. The molecule has 1 aromatic heterocycles. The molecule has 0 unspecified atom stereocenters. The summed E-state index contributed by atoms with van der Waals surface area (Å²) in [6.45, 7) is 1.33. The lowest BCUT2D eigenvalue weighted by Gasteiger charge is -2.00. The van der Waals surface area contributed by atoms with Gasteiger partial charge in [0.2, 0.25) is 0 Å². The molecule has 2 aromatic rings. The van der Waals surface area contributed by atoms with E-state index < -0.39 is 12.6 Å². The van der Waals surface area contributed by atoms with Crippen LogP contribution in [0.1, 0.15) is 5.82 Å². The number of carbonyl (C=O) groups is 1. The standard InChI is InChI=1S/C11H11N3O3/c1-8-12-11(17-7-10(15)16)13-14(8)9-5-3-2-4-6-9/h2-6H,7H2,1H3,(H,15,16). The maximum Gasteiger partial charge on any atom is 0.341 e. The highest BCUT2D eigenvalue weighted by Gasteiger charge is 2.09. The number of nitrogens with zero attached hydrogens (tertiary/aromatic N) is 3. The van der Waals surface area contributed by atoms with Gasteiger partial charge >= 0.3 is 12.0 Å². The molecule has 0 aliphatic heterocycles. The van der Waals surface area contributed by atoms with Crippen molar-refractivity contribution in [2.45, 2.75) is 6.92 Å². The molecule has 17 heavy (non-hydrogen) atoms. The molecule has 0 aliphatic carbocycles. The number of para-hydroxylation sites is 1. The molecule has 88 valence electrons. The zero-order valence-electron chi connectivity index (χ0n) is 9.20. The van der Waals surface area contributed by atoms with E-state index in [0.29, 0.717) is 5.82 Å². The topological polar surface area (TPSA) is 77.2 Å². The molecule has 1 aromatic carbocycles. The van der Waals surface area contributed by atoms with Gasteiger partial charge in [-0.05, 0) is 19.1 Å². The maximum absolute atomic E-state index is 10.3. The van der Waals surface area contributed by atoms with Crippen molar-refractivity contribution in [2.24, 2.45) is 0 Å². The minimum atomic E-state index is -1.06. The number of aryl methyl sites for hydroxylation is 1. The fraction of sp³-hybridized carbons (Fsp3) is 0.182. The number of hydrogen-bond acceptors (Lipinski definition) is 4. The first-order valence-corrected chi connectivity index (χ1v) is 5.00. The number of aromatic nitrogens is 3. The monoisotopic (exact) mass is 233 g/mol. The average molecular weight is 233 g/mol. The van der Waals surface area contributed by atoms with E-state index in [1.165, 1.54) is 0 Å². The molecule has 0 bridgehead atoms. The zero-order chi connectivity index (χ0) is 12.3. The molecular formula is C11H11N3O3. The Morgan fingerprint density at radius 2 is 2.12 bits per heavy atom. The lowest BCUT2D eigenvalue weighted by atomic mass is 10.3. The molecule has 0 radical (unpaired) electrons. The van der Waals surface area contributed by atoms with Crippen LogP contribution in [0.15, 0.2) is 30.3 Å². The van der Waals surface area contributed by atoms with Gasteiger partial charge in [-0.25, -0.2) is 9.48 Å². The molecule has 6 nitrogen and oxygen atoms in total. The van der Waals surface area contributed by atoms with Gasteiger partial charge in [-0.15, -0.1) is 5.10 Å². The third kappa shape index (κ3) is 2.60. The molecule has 0 aliphatic rings. The number of benzene rings is 1. The van der Waals surface area contributed by atoms with Crippen molar-refractivity contribution >= 4 is 5.97 Å². The lowest BCUT2D eigenvalue weighted by molar-refractivity contribution is -0.139. The summed E-state index contributed by atoms with van der Waals surface area (Å²) in [5, 5.41) is 12.6. The van der Waals surface area contributed by atoms with Gasteiger partial charge in [0.1, 0.15) is 5.82 Å². The summed E-state index contributed by atoms with van der Waals surface area (Å²) in [4.78, 5) is 14.4. The van der Waals surface area contributed by atoms with Gasteiger partial charge in [-0.3, -0.25) is 0 Å². The van der Waals surface area contributed by atoms with E-state index in [9.17, 15) is 4.79 Å². The Morgan fingerprint density at radius 1 is 1.41 bits per heavy atom. The van der Waals surface area contributed by atoms with Crippen molar-refractivity contribution in [3.8, 4) is 11.7 Å². The maximum atomic E-state index is 10.3. The van der Waals surface area contributed by atoms with Crippen molar-refractivity contribution < 1.29 is 14.6 Å². The summed E-state index contributed by atoms with van der Waals surface area (Å²) < 4.78 is 6.50. The van der Waals surface area contributed by atoms with E-state index in [-0.39, 0.29) is 6.01 Å². The number of aliphatic carboxylic acids is 1.